The summed E-state index contributed by atoms with van der Waals surface area (Å²) >= 11 is 0. The first-order valence-electron chi connectivity index (χ1n) is 9.06. The van der Waals surface area contributed by atoms with Gasteiger partial charge in [0.05, 0.1) is 18.9 Å². The zero-order chi connectivity index (χ0) is 20.5. The third-order valence-corrected chi connectivity index (χ3v) is 4.88. The molecule has 29 heavy (non-hydrogen) atoms. The Morgan fingerprint density at radius 1 is 1.07 bits per heavy atom. The molecule has 1 unspecified atom stereocenters. The van der Waals surface area contributed by atoms with Crippen LogP contribution in [0.5, 0.6) is 5.75 Å². The van der Waals surface area contributed by atoms with Gasteiger partial charge in [-0.15, -0.1) is 0 Å². The number of ether oxygens (including phenoxy) is 1. The number of furan rings is 1. The van der Waals surface area contributed by atoms with Gasteiger partial charge in [-0.3, -0.25) is 14.5 Å². The second kappa shape index (κ2) is 7.31. The van der Waals surface area contributed by atoms with Crippen LogP contribution in [-0.4, -0.2) is 23.9 Å². The van der Waals surface area contributed by atoms with Gasteiger partial charge >= 0.3 is 0 Å². The van der Waals surface area contributed by atoms with Crippen molar-refractivity contribution in [2.75, 3.05) is 12.0 Å². The molecular formula is C23H19NO5. The lowest BCUT2D eigenvalue weighted by atomic mass is 9.99. The van der Waals surface area contributed by atoms with Crippen LogP contribution in [0.3, 0.4) is 0 Å². The van der Waals surface area contributed by atoms with Crippen molar-refractivity contribution in [2.24, 2.45) is 0 Å². The normalized spacial score (nSPS) is 18.3. The third kappa shape index (κ3) is 3.18. The van der Waals surface area contributed by atoms with Gasteiger partial charge in [0.15, 0.2) is 0 Å². The number of nitrogens with zero attached hydrogens (tertiary/aromatic N) is 1. The van der Waals surface area contributed by atoms with Gasteiger partial charge in [0, 0.05) is 11.3 Å². The topological polar surface area (TPSA) is 80.0 Å². The Labute approximate surface area is 167 Å². The van der Waals surface area contributed by atoms with Gasteiger partial charge in [-0.2, -0.15) is 0 Å². The van der Waals surface area contributed by atoms with Gasteiger partial charge in [-0.25, -0.2) is 0 Å². The Balaban J connectivity index is 1.93. The molecule has 0 radical (unpaired) electrons. The highest BCUT2D eigenvalue weighted by Gasteiger charge is 2.48. The SMILES string of the molecule is COc1cccc(/C(O)=C2/C(=O)C(=O)N(c3cccc(C)c3)C2c2ccco2)c1. The summed E-state index contributed by atoms with van der Waals surface area (Å²) in [5.41, 5.74) is 1.84. The van der Waals surface area contributed by atoms with E-state index in [1.165, 1.54) is 18.3 Å². The number of carbonyl (C=O) groups is 2. The number of hydrogen-bond donors (Lipinski definition) is 1. The van der Waals surface area contributed by atoms with Crippen molar-refractivity contribution in [1.29, 1.82) is 0 Å². The molecule has 1 aliphatic rings. The van der Waals surface area contributed by atoms with E-state index >= 15 is 0 Å². The van der Waals surface area contributed by atoms with E-state index in [0.29, 0.717) is 22.8 Å². The lowest BCUT2D eigenvalue weighted by Crippen LogP contribution is -2.29. The smallest absolute Gasteiger partial charge is 0.300 e. The van der Waals surface area contributed by atoms with E-state index < -0.39 is 17.7 Å². The van der Waals surface area contributed by atoms with E-state index in [-0.39, 0.29) is 11.3 Å². The zero-order valence-electron chi connectivity index (χ0n) is 16.0. The second-order valence-corrected chi connectivity index (χ2v) is 6.76. The quantitative estimate of drug-likeness (QED) is 0.410. The van der Waals surface area contributed by atoms with Gasteiger partial charge in [0.1, 0.15) is 23.3 Å². The van der Waals surface area contributed by atoms with Crippen molar-refractivity contribution in [3.8, 4) is 5.75 Å². The predicted molar refractivity (Wildman–Crippen MR) is 108 cm³/mol. The maximum absolute atomic E-state index is 13.0. The Bertz CT molecular complexity index is 1110. The number of ketones is 1. The number of carbonyl (C=O) groups excluding carboxylic acids is 2. The summed E-state index contributed by atoms with van der Waals surface area (Å²) in [6.07, 6.45) is 1.47. The van der Waals surface area contributed by atoms with Crippen LogP contribution in [0, 0.1) is 6.92 Å². The van der Waals surface area contributed by atoms with Crippen molar-refractivity contribution < 1.29 is 23.8 Å². The highest BCUT2D eigenvalue weighted by Crippen LogP contribution is 2.42. The fourth-order valence-electron chi connectivity index (χ4n) is 3.52. The van der Waals surface area contributed by atoms with E-state index in [2.05, 4.69) is 0 Å². The van der Waals surface area contributed by atoms with Gasteiger partial charge in [0.25, 0.3) is 11.7 Å². The Morgan fingerprint density at radius 2 is 1.86 bits per heavy atom. The van der Waals surface area contributed by atoms with Gasteiger partial charge < -0.3 is 14.3 Å². The fraction of sp³-hybridized carbons (Fsp3) is 0.130. The van der Waals surface area contributed by atoms with Crippen LogP contribution in [0.4, 0.5) is 5.69 Å². The first-order valence-corrected chi connectivity index (χ1v) is 9.06. The van der Waals surface area contributed by atoms with Gasteiger partial charge in [-0.1, -0.05) is 24.3 Å². The van der Waals surface area contributed by atoms with E-state index in [0.717, 1.165) is 5.56 Å². The maximum atomic E-state index is 13.0. The molecule has 0 aliphatic carbocycles. The van der Waals surface area contributed by atoms with Crippen molar-refractivity contribution in [3.63, 3.8) is 0 Å². The van der Waals surface area contributed by atoms with Crippen LogP contribution < -0.4 is 9.64 Å². The molecule has 4 rings (SSSR count). The standard InChI is InChI=1S/C23H19NO5/c1-14-6-3-8-16(12-14)24-20(18-10-5-11-29-18)19(22(26)23(24)27)21(25)15-7-4-9-17(13-15)28-2/h3-13,20,25H,1-2H3/b21-19-. The summed E-state index contributed by atoms with van der Waals surface area (Å²) in [6, 6.07) is 16.4. The zero-order valence-corrected chi connectivity index (χ0v) is 16.0. The monoisotopic (exact) mass is 389 g/mol. The van der Waals surface area contributed by atoms with Crippen LogP contribution in [0.15, 0.2) is 76.9 Å². The van der Waals surface area contributed by atoms with Crippen LogP contribution in [0.25, 0.3) is 5.76 Å². The number of amides is 1. The number of hydrogen-bond acceptors (Lipinski definition) is 5. The molecule has 1 aliphatic heterocycles. The Morgan fingerprint density at radius 3 is 2.55 bits per heavy atom. The highest BCUT2D eigenvalue weighted by atomic mass is 16.5. The van der Waals surface area contributed by atoms with Crippen molar-refractivity contribution in [3.05, 3.63) is 89.4 Å². The molecule has 6 heteroatoms. The molecule has 0 bridgehead atoms. The second-order valence-electron chi connectivity index (χ2n) is 6.76. The average Bonchev–Trinajstić information content (AvgIpc) is 3.35. The predicted octanol–water partition coefficient (Wildman–Crippen LogP) is 4.22. The summed E-state index contributed by atoms with van der Waals surface area (Å²) in [7, 11) is 1.51. The van der Waals surface area contributed by atoms with Crippen molar-refractivity contribution in [1.82, 2.24) is 0 Å². The number of Topliss-reactive ketones (excluding diaryl/α,β-unsaturated/α-hetero) is 1. The molecule has 0 spiro atoms. The highest BCUT2D eigenvalue weighted by molar-refractivity contribution is 6.51. The summed E-state index contributed by atoms with van der Waals surface area (Å²) < 4.78 is 10.7. The number of methoxy groups -OCH3 is 1. The van der Waals surface area contributed by atoms with Gasteiger partial charge in [-0.05, 0) is 48.9 Å². The molecule has 1 amide bonds. The van der Waals surface area contributed by atoms with Crippen LogP contribution >= 0.6 is 0 Å². The number of aryl methyl sites for hydroxylation is 1. The van der Waals surface area contributed by atoms with Crippen molar-refractivity contribution in [2.45, 2.75) is 13.0 Å². The molecule has 1 N–H and O–H groups in total. The van der Waals surface area contributed by atoms with Gasteiger partial charge in [0.2, 0.25) is 0 Å². The molecule has 2 aromatic carbocycles. The van der Waals surface area contributed by atoms with Crippen LogP contribution in [-0.2, 0) is 9.59 Å². The molecule has 1 fully saturated rings. The first-order chi connectivity index (χ1) is 14.0. The van der Waals surface area contributed by atoms with E-state index in [9.17, 15) is 14.7 Å². The molecule has 2 heterocycles. The molecule has 146 valence electrons. The van der Waals surface area contributed by atoms with Crippen LogP contribution in [0.1, 0.15) is 22.9 Å². The molecule has 6 nitrogen and oxygen atoms in total. The number of aliphatic hydroxyl groups excluding tert-OH is 1. The summed E-state index contributed by atoms with van der Waals surface area (Å²) in [4.78, 5) is 27.3. The third-order valence-electron chi connectivity index (χ3n) is 4.88. The lowest BCUT2D eigenvalue weighted by molar-refractivity contribution is -0.132. The summed E-state index contributed by atoms with van der Waals surface area (Å²) in [5, 5.41) is 11.0. The maximum Gasteiger partial charge on any atom is 0.300 e. The number of rotatable bonds is 4. The summed E-state index contributed by atoms with van der Waals surface area (Å²) in [5.74, 6) is -0.861. The molecule has 1 saturated heterocycles. The number of anilines is 1. The molecular weight excluding hydrogens is 370 g/mol. The fourth-order valence-corrected chi connectivity index (χ4v) is 3.52. The molecule has 1 atom stereocenters. The molecule has 0 saturated carbocycles. The van der Waals surface area contributed by atoms with E-state index in [1.807, 2.05) is 25.1 Å². The average molecular weight is 389 g/mol. The van der Waals surface area contributed by atoms with E-state index in [1.54, 1.807) is 42.5 Å². The molecule has 1 aromatic heterocycles. The van der Waals surface area contributed by atoms with E-state index in [4.69, 9.17) is 9.15 Å². The first kappa shape index (κ1) is 18.6. The lowest BCUT2D eigenvalue weighted by Gasteiger charge is -2.23. The minimum absolute atomic E-state index is 0.0280. The largest absolute Gasteiger partial charge is 0.507 e. The summed E-state index contributed by atoms with van der Waals surface area (Å²) in [6.45, 7) is 1.90. The number of aliphatic hydroxyl groups is 1. The Kier molecular flexibility index (Phi) is 4.68. The van der Waals surface area contributed by atoms with Crippen molar-refractivity contribution >= 4 is 23.1 Å². The molecule has 3 aromatic rings. The van der Waals surface area contributed by atoms with Crippen LogP contribution in [0.2, 0.25) is 0 Å². The number of benzene rings is 2. The minimum Gasteiger partial charge on any atom is -0.507 e. The Hall–Kier alpha value is -3.80. The minimum atomic E-state index is -0.877.